The molecule has 3 rings (SSSR count). The minimum Gasteiger partial charge on any atom is -0.493 e. The van der Waals surface area contributed by atoms with Crippen LogP contribution in [0.2, 0.25) is 0 Å². The van der Waals surface area contributed by atoms with Gasteiger partial charge < -0.3 is 10.1 Å². The maximum Gasteiger partial charge on any atom is 0.255 e. The van der Waals surface area contributed by atoms with Gasteiger partial charge in [-0.2, -0.15) is 10.1 Å². The average Bonchev–Trinajstić information content (AvgIpc) is 2.71. The summed E-state index contributed by atoms with van der Waals surface area (Å²) in [5.41, 5.74) is 0.974. The van der Waals surface area contributed by atoms with Gasteiger partial charge in [-0.3, -0.25) is 4.79 Å². The highest BCUT2D eigenvalue weighted by Crippen LogP contribution is 2.15. The van der Waals surface area contributed by atoms with E-state index in [1.54, 1.807) is 16.8 Å². The Labute approximate surface area is 95.2 Å². The fourth-order valence-electron chi connectivity index (χ4n) is 1.62. The molecule has 0 fully saturated rings. The molecule has 0 radical (unpaired) electrons. The fourth-order valence-corrected chi connectivity index (χ4v) is 1.62. The van der Waals surface area contributed by atoms with Gasteiger partial charge in [0, 0.05) is 6.20 Å². The Morgan fingerprint density at radius 2 is 2.18 bits per heavy atom. The van der Waals surface area contributed by atoms with Crippen molar-refractivity contribution in [2.45, 2.75) is 0 Å². The van der Waals surface area contributed by atoms with Crippen molar-refractivity contribution in [3.63, 3.8) is 0 Å². The van der Waals surface area contributed by atoms with Crippen LogP contribution in [0, 0.1) is 0 Å². The first-order valence-electron chi connectivity index (χ1n) is 4.97. The normalized spacial score (nSPS) is 10.8. The molecule has 0 atom stereocenters. The number of pyridine rings is 1. The summed E-state index contributed by atoms with van der Waals surface area (Å²) in [6.45, 7) is 0. The van der Waals surface area contributed by atoms with Gasteiger partial charge in [-0.05, 0) is 18.2 Å². The molecule has 84 valence electrons. The van der Waals surface area contributed by atoms with E-state index in [0.29, 0.717) is 5.69 Å². The van der Waals surface area contributed by atoms with Crippen LogP contribution in [0.4, 0.5) is 0 Å². The van der Waals surface area contributed by atoms with Gasteiger partial charge in [-0.25, -0.2) is 4.52 Å². The van der Waals surface area contributed by atoms with Crippen LogP contribution in [0.5, 0.6) is 5.88 Å². The van der Waals surface area contributed by atoms with Gasteiger partial charge in [-0.15, -0.1) is 0 Å². The van der Waals surface area contributed by atoms with Crippen LogP contribution in [-0.4, -0.2) is 24.7 Å². The summed E-state index contributed by atoms with van der Waals surface area (Å²) in [5, 5.41) is 13.5. The Balaban J connectivity index is 2.23. The highest BCUT2D eigenvalue weighted by molar-refractivity contribution is 5.60. The fraction of sp³-hybridized carbons (Fsp3) is 0. The molecule has 0 unspecified atom stereocenters. The Bertz CT molecular complexity index is 711. The van der Waals surface area contributed by atoms with Gasteiger partial charge in [0.25, 0.3) is 5.56 Å². The number of aromatic amines is 1. The lowest BCUT2D eigenvalue weighted by molar-refractivity contribution is 0.452. The lowest BCUT2D eigenvalue weighted by Gasteiger charge is -1.95. The van der Waals surface area contributed by atoms with Crippen molar-refractivity contribution in [3.05, 3.63) is 46.9 Å². The highest BCUT2D eigenvalue weighted by Gasteiger charge is 2.07. The Morgan fingerprint density at radius 1 is 1.29 bits per heavy atom. The quantitative estimate of drug-likeness (QED) is 0.645. The number of hydrogen-bond donors (Lipinski definition) is 2. The topological polar surface area (TPSA) is 83.3 Å². The molecular formula is C11H8N4O2. The minimum atomic E-state index is -0.412. The smallest absolute Gasteiger partial charge is 0.255 e. The van der Waals surface area contributed by atoms with E-state index < -0.39 is 5.56 Å². The van der Waals surface area contributed by atoms with Crippen molar-refractivity contribution < 1.29 is 5.11 Å². The number of fused-ring (bicyclic) bond motifs is 1. The molecule has 2 N–H and O–H groups in total. The van der Waals surface area contributed by atoms with E-state index in [0.717, 1.165) is 11.6 Å². The number of rotatable bonds is 1. The molecule has 3 aromatic rings. The summed E-state index contributed by atoms with van der Waals surface area (Å²) in [6, 6.07) is 8.41. The first-order chi connectivity index (χ1) is 8.22. The molecule has 0 aliphatic rings. The van der Waals surface area contributed by atoms with Crippen LogP contribution in [0.1, 0.15) is 0 Å². The predicted octanol–water partition coefficient (Wildman–Crippen LogP) is 0.790. The van der Waals surface area contributed by atoms with Crippen LogP contribution >= 0.6 is 0 Å². The average molecular weight is 228 g/mol. The molecule has 0 aliphatic heterocycles. The van der Waals surface area contributed by atoms with E-state index in [2.05, 4.69) is 15.1 Å². The third-order valence-corrected chi connectivity index (χ3v) is 2.34. The predicted molar refractivity (Wildman–Crippen MR) is 60.7 cm³/mol. The van der Waals surface area contributed by atoms with Crippen molar-refractivity contribution >= 4 is 5.52 Å². The van der Waals surface area contributed by atoms with E-state index in [1.807, 2.05) is 18.2 Å². The van der Waals surface area contributed by atoms with Crippen molar-refractivity contribution in [3.8, 4) is 17.4 Å². The van der Waals surface area contributed by atoms with Crippen molar-refractivity contribution in [2.75, 3.05) is 0 Å². The first-order valence-corrected chi connectivity index (χ1v) is 4.97. The molecule has 0 saturated carbocycles. The number of H-pyrrole nitrogens is 1. The number of aromatic nitrogens is 4. The van der Waals surface area contributed by atoms with E-state index in [9.17, 15) is 9.90 Å². The van der Waals surface area contributed by atoms with E-state index in [4.69, 9.17) is 0 Å². The third-order valence-electron chi connectivity index (χ3n) is 2.34. The molecule has 3 aromatic heterocycles. The summed E-state index contributed by atoms with van der Waals surface area (Å²) < 4.78 is 1.67. The van der Waals surface area contributed by atoms with Gasteiger partial charge in [0.15, 0.2) is 5.82 Å². The zero-order valence-corrected chi connectivity index (χ0v) is 8.66. The minimum absolute atomic E-state index is 0.249. The summed E-state index contributed by atoms with van der Waals surface area (Å²) in [7, 11) is 0. The number of hydrogen-bond acceptors (Lipinski definition) is 4. The second kappa shape index (κ2) is 3.44. The molecular weight excluding hydrogens is 220 g/mol. The zero-order valence-electron chi connectivity index (χ0n) is 8.66. The van der Waals surface area contributed by atoms with Crippen LogP contribution in [0.15, 0.2) is 41.3 Å². The summed E-state index contributed by atoms with van der Waals surface area (Å²) in [5.74, 6) is -0.0699. The molecule has 0 amide bonds. The maximum atomic E-state index is 11.2. The van der Waals surface area contributed by atoms with E-state index >= 15 is 0 Å². The third kappa shape index (κ3) is 1.65. The Hall–Kier alpha value is -2.63. The Kier molecular flexibility index (Phi) is 1.94. The number of nitrogens with zero attached hydrogens (tertiary/aromatic N) is 3. The second-order valence-electron chi connectivity index (χ2n) is 3.55. The molecule has 0 aromatic carbocycles. The van der Waals surface area contributed by atoms with Crippen LogP contribution in [0.25, 0.3) is 17.0 Å². The molecule has 6 nitrogen and oxygen atoms in total. The maximum absolute atomic E-state index is 11.2. The highest BCUT2D eigenvalue weighted by atomic mass is 16.3. The number of aromatic hydroxyl groups is 1. The molecule has 0 bridgehead atoms. The van der Waals surface area contributed by atoms with Gasteiger partial charge in [0.1, 0.15) is 5.69 Å². The molecule has 0 aliphatic carbocycles. The van der Waals surface area contributed by atoms with Crippen molar-refractivity contribution in [2.24, 2.45) is 0 Å². The van der Waals surface area contributed by atoms with Gasteiger partial charge in [-0.1, -0.05) is 6.07 Å². The molecule has 6 heteroatoms. The summed E-state index contributed by atoms with van der Waals surface area (Å²) >= 11 is 0. The Morgan fingerprint density at radius 3 is 2.94 bits per heavy atom. The van der Waals surface area contributed by atoms with Gasteiger partial charge in [0.2, 0.25) is 5.88 Å². The van der Waals surface area contributed by atoms with Gasteiger partial charge >= 0.3 is 0 Å². The van der Waals surface area contributed by atoms with Crippen LogP contribution in [0.3, 0.4) is 0 Å². The van der Waals surface area contributed by atoms with E-state index in [1.165, 1.54) is 0 Å². The van der Waals surface area contributed by atoms with Crippen LogP contribution < -0.4 is 5.56 Å². The lowest BCUT2D eigenvalue weighted by atomic mass is 10.3. The SMILES string of the molecule is O=c1cc(O)nc(-c2cc3ccccn3n2)[nH]1. The van der Waals surface area contributed by atoms with E-state index in [-0.39, 0.29) is 11.7 Å². The van der Waals surface area contributed by atoms with Gasteiger partial charge in [0.05, 0.1) is 11.6 Å². The number of nitrogens with one attached hydrogen (secondary N) is 1. The molecule has 0 saturated heterocycles. The standard InChI is InChI=1S/C11H8N4O2/c16-9-6-10(17)13-11(12-9)8-5-7-3-1-2-4-15(7)14-8/h1-6H,(H2,12,13,16,17). The second-order valence-corrected chi connectivity index (χ2v) is 3.55. The van der Waals surface area contributed by atoms with Crippen LogP contribution in [-0.2, 0) is 0 Å². The summed E-state index contributed by atoms with van der Waals surface area (Å²) in [4.78, 5) is 17.6. The first kappa shape index (κ1) is 9.59. The lowest BCUT2D eigenvalue weighted by Crippen LogP contribution is -2.06. The van der Waals surface area contributed by atoms with Crippen molar-refractivity contribution in [1.82, 2.24) is 19.6 Å². The monoisotopic (exact) mass is 228 g/mol. The molecule has 0 spiro atoms. The largest absolute Gasteiger partial charge is 0.493 e. The molecule has 17 heavy (non-hydrogen) atoms. The zero-order chi connectivity index (χ0) is 11.8. The summed E-state index contributed by atoms with van der Waals surface area (Å²) in [6.07, 6.45) is 1.79. The van der Waals surface area contributed by atoms with Crippen molar-refractivity contribution in [1.29, 1.82) is 0 Å². The molecule has 3 heterocycles.